The Morgan fingerprint density at radius 1 is 1.14 bits per heavy atom. The van der Waals surface area contributed by atoms with Crippen molar-refractivity contribution >= 4 is 17.5 Å². The molecule has 0 fully saturated rings. The smallest absolute Gasteiger partial charge is 0.255 e. The molecule has 2 heterocycles. The van der Waals surface area contributed by atoms with Crippen molar-refractivity contribution in [2.75, 3.05) is 5.32 Å². The summed E-state index contributed by atoms with van der Waals surface area (Å²) in [4.78, 5) is 30.8. The number of carbonyl (C=O) groups excluding carboxylic acids is 2. The minimum Gasteiger partial charge on any atom is -0.487 e. The van der Waals surface area contributed by atoms with E-state index in [1.807, 2.05) is 13.0 Å². The lowest BCUT2D eigenvalue weighted by atomic mass is 10.1. The summed E-state index contributed by atoms with van der Waals surface area (Å²) in [6.07, 6.45) is 4.07. The fourth-order valence-corrected chi connectivity index (χ4v) is 2.45. The zero-order chi connectivity index (χ0) is 20.1. The van der Waals surface area contributed by atoms with Gasteiger partial charge in [0.1, 0.15) is 12.4 Å². The summed E-state index contributed by atoms with van der Waals surface area (Å²) in [7, 11) is 0. The Morgan fingerprint density at radius 2 is 1.96 bits per heavy atom. The van der Waals surface area contributed by atoms with Crippen LogP contribution < -0.4 is 15.8 Å². The van der Waals surface area contributed by atoms with E-state index in [0.29, 0.717) is 11.4 Å². The minimum absolute atomic E-state index is 0.167. The molecule has 3 N–H and O–H groups in total. The van der Waals surface area contributed by atoms with Gasteiger partial charge in [0.05, 0.1) is 11.8 Å². The molecule has 0 bridgehead atoms. The summed E-state index contributed by atoms with van der Waals surface area (Å²) < 4.78 is 18.9. The Kier molecular flexibility index (Phi) is 5.59. The molecular weight excluding hydrogens is 363 g/mol. The van der Waals surface area contributed by atoms with Gasteiger partial charge >= 0.3 is 0 Å². The van der Waals surface area contributed by atoms with Gasteiger partial charge in [-0.05, 0) is 42.3 Å². The second kappa shape index (κ2) is 8.26. The molecule has 0 unspecified atom stereocenters. The SMILES string of the molecule is Cc1ccc(NC(=O)c2ccnc(F)c2)cc1COc1cncc(C(N)=O)c1. The number of carbonyl (C=O) groups is 2. The van der Waals surface area contributed by atoms with Crippen molar-refractivity contribution in [3.05, 3.63) is 83.2 Å². The Morgan fingerprint density at radius 3 is 2.71 bits per heavy atom. The number of nitrogens with two attached hydrogens (primary N) is 1. The second-order valence-corrected chi connectivity index (χ2v) is 6.02. The molecule has 0 aliphatic heterocycles. The topological polar surface area (TPSA) is 107 Å². The van der Waals surface area contributed by atoms with Crippen LogP contribution in [0, 0.1) is 12.9 Å². The zero-order valence-corrected chi connectivity index (χ0v) is 15.0. The highest BCUT2D eigenvalue weighted by Gasteiger charge is 2.10. The second-order valence-electron chi connectivity index (χ2n) is 6.02. The first-order valence-electron chi connectivity index (χ1n) is 8.32. The van der Waals surface area contributed by atoms with Gasteiger partial charge in [0, 0.05) is 29.7 Å². The van der Waals surface area contributed by atoms with E-state index < -0.39 is 17.8 Å². The molecular formula is C20H17FN4O3. The third-order valence-corrected chi connectivity index (χ3v) is 3.99. The molecule has 3 rings (SSSR count). The fraction of sp³-hybridized carbons (Fsp3) is 0.100. The molecule has 2 aromatic heterocycles. The van der Waals surface area contributed by atoms with E-state index in [1.165, 1.54) is 30.7 Å². The molecule has 28 heavy (non-hydrogen) atoms. The van der Waals surface area contributed by atoms with Crippen molar-refractivity contribution in [1.82, 2.24) is 9.97 Å². The summed E-state index contributed by atoms with van der Waals surface area (Å²) in [6, 6.07) is 9.33. The largest absolute Gasteiger partial charge is 0.487 e. The lowest BCUT2D eigenvalue weighted by Crippen LogP contribution is -2.13. The molecule has 0 saturated carbocycles. The highest BCUT2D eigenvalue weighted by Crippen LogP contribution is 2.19. The molecule has 0 aliphatic carbocycles. The summed E-state index contributed by atoms with van der Waals surface area (Å²) in [5.74, 6) is -1.36. The number of nitrogens with one attached hydrogen (secondary N) is 1. The standard InChI is InChI=1S/C20H17FN4O3/c1-12-2-3-16(25-20(27)13-4-5-24-18(21)8-13)6-15(12)11-28-17-7-14(19(22)26)9-23-10-17/h2-10H,11H2,1H3,(H2,22,26)(H,25,27). The monoisotopic (exact) mass is 380 g/mol. The first-order valence-corrected chi connectivity index (χ1v) is 8.32. The molecule has 7 nitrogen and oxygen atoms in total. The molecule has 0 atom stereocenters. The quantitative estimate of drug-likeness (QED) is 0.640. The van der Waals surface area contributed by atoms with E-state index in [9.17, 15) is 14.0 Å². The van der Waals surface area contributed by atoms with Crippen molar-refractivity contribution in [2.45, 2.75) is 13.5 Å². The lowest BCUT2D eigenvalue weighted by molar-refractivity contribution is 0.0997. The normalized spacial score (nSPS) is 10.4. The van der Waals surface area contributed by atoms with Crippen LogP contribution in [0.2, 0.25) is 0 Å². The molecule has 0 spiro atoms. The number of aromatic nitrogens is 2. The van der Waals surface area contributed by atoms with Crippen LogP contribution in [-0.4, -0.2) is 21.8 Å². The number of anilines is 1. The number of ether oxygens (including phenoxy) is 1. The molecule has 2 amide bonds. The van der Waals surface area contributed by atoms with Gasteiger partial charge in [-0.25, -0.2) is 4.98 Å². The number of amides is 2. The summed E-state index contributed by atoms with van der Waals surface area (Å²) >= 11 is 0. The maximum absolute atomic E-state index is 13.2. The van der Waals surface area contributed by atoms with Crippen LogP contribution in [0.3, 0.4) is 0 Å². The van der Waals surface area contributed by atoms with E-state index in [0.717, 1.165) is 17.2 Å². The minimum atomic E-state index is -0.725. The van der Waals surface area contributed by atoms with Crippen molar-refractivity contribution < 1.29 is 18.7 Å². The Balaban J connectivity index is 1.72. The Labute approximate surface area is 160 Å². The van der Waals surface area contributed by atoms with Crippen molar-refractivity contribution in [3.63, 3.8) is 0 Å². The van der Waals surface area contributed by atoms with E-state index in [-0.39, 0.29) is 17.7 Å². The molecule has 0 saturated heterocycles. The summed E-state index contributed by atoms with van der Waals surface area (Å²) in [6.45, 7) is 2.10. The van der Waals surface area contributed by atoms with E-state index >= 15 is 0 Å². The Hall–Kier alpha value is -3.81. The van der Waals surface area contributed by atoms with Crippen LogP contribution in [0.4, 0.5) is 10.1 Å². The molecule has 1 aromatic carbocycles. The van der Waals surface area contributed by atoms with Gasteiger partial charge in [-0.15, -0.1) is 0 Å². The predicted octanol–water partition coefficient (Wildman–Crippen LogP) is 2.85. The number of pyridine rings is 2. The van der Waals surface area contributed by atoms with Gasteiger partial charge in [0.2, 0.25) is 11.9 Å². The van der Waals surface area contributed by atoms with Crippen LogP contribution in [0.5, 0.6) is 5.75 Å². The molecule has 0 aliphatic rings. The predicted molar refractivity (Wildman–Crippen MR) is 100 cm³/mol. The number of halogens is 1. The first kappa shape index (κ1) is 19.0. The summed E-state index contributed by atoms with van der Waals surface area (Å²) in [5, 5.41) is 2.71. The average molecular weight is 380 g/mol. The van der Waals surface area contributed by atoms with Crippen LogP contribution in [0.15, 0.2) is 55.0 Å². The van der Waals surface area contributed by atoms with E-state index in [4.69, 9.17) is 10.5 Å². The summed E-state index contributed by atoms with van der Waals surface area (Å²) in [5.41, 5.74) is 7.96. The highest BCUT2D eigenvalue weighted by atomic mass is 19.1. The Bertz CT molecular complexity index is 1040. The van der Waals surface area contributed by atoms with Gasteiger partial charge < -0.3 is 15.8 Å². The van der Waals surface area contributed by atoms with Crippen molar-refractivity contribution in [3.8, 4) is 5.75 Å². The van der Waals surface area contributed by atoms with Gasteiger partial charge in [-0.1, -0.05) is 6.07 Å². The number of benzene rings is 1. The van der Waals surface area contributed by atoms with E-state index in [1.54, 1.807) is 12.1 Å². The lowest BCUT2D eigenvalue weighted by Gasteiger charge is -2.12. The fourth-order valence-electron chi connectivity index (χ4n) is 2.45. The number of hydrogen-bond acceptors (Lipinski definition) is 5. The number of nitrogens with zero attached hydrogens (tertiary/aromatic N) is 2. The first-order chi connectivity index (χ1) is 13.4. The van der Waals surface area contributed by atoms with Gasteiger partial charge in [0.15, 0.2) is 0 Å². The molecule has 0 radical (unpaired) electrons. The average Bonchev–Trinajstić information content (AvgIpc) is 2.68. The molecule has 3 aromatic rings. The third-order valence-electron chi connectivity index (χ3n) is 3.99. The highest BCUT2D eigenvalue weighted by molar-refractivity contribution is 6.04. The van der Waals surface area contributed by atoms with Gasteiger partial charge in [-0.3, -0.25) is 14.6 Å². The third kappa shape index (κ3) is 4.67. The number of hydrogen-bond donors (Lipinski definition) is 2. The maximum atomic E-state index is 13.2. The van der Waals surface area contributed by atoms with E-state index in [2.05, 4.69) is 15.3 Å². The molecule has 8 heteroatoms. The van der Waals surface area contributed by atoms with Crippen LogP contribution >= 0.6 is 0 Å². The van der Waals surface area contributed by atoms with Gasteiger partial charge in [0.25, 0.3) is 5.91 Å². The van der Waals surface area contributed by atoms with Crippen molar-refractivity contribution in [1.29, 1.82) is 0 Å². The molecule has 142 valence electrons. The number of rotatable bonds is 6. The van der Waals surface area contributed by atoms with Crippen LogP contribution in [0.1, 0.15) is 31.8 Å². The maximum Gasteiger partial charge on any atom is 0.255 e. The van der Waals surface area contributed by atoms with Crippen LogP contribution in [-0.2, 0) is 6.61 Å². The number of aryl methyl sites for hydroxylation is 1. The zero-order valence-electron chi connectivity index (χ0n) is 15.0. The van der Waals surface area contributed by atoms with Crippen molar-refractivity contribution in [2.24, 2.45) is 5.73 Å². The number of primary amides is 1. The van der Waals surface area contributed by atoms with Gasteiger partial charge in [-0.2, -0.15) is 4.39 Å². The van der Waals surface area contributed by atoms with Crippen LogP contribution in [0.25, 0.3) is 0 Å².